The SMILES string of the molecule is C#C/C(=N/c1cc(-c2cc(C)cc3ccccc23)c(C)cc1C(=C)C)NCC1CC(N)C1. The van der Waals surface area contributed by atoms with Gasteiger partial charge < -0.3 is 11.1 Å². The van der Waals surface area contributed by atoms with Gasteiger partial charge in [-0.3, -0.25) is 0 Å². The fraction of sp³-hybridized carbons (Fsp3) is 0.276. The molecule has 3 heteroatoms. The number of nitrogens with zero attached hydrogens (tertiary/aromatic N) is 1. The van der Waals surface area contributed by atoms with E-state index in [4.69, 9.17) is 17.1 Å². The number of hydrogen-bond acceptors (Lipinski definition) is 2. The number of hydrogen-bond donors (Lipinski definition) is 2. The number of terminal acetylenes is 1. The molecule has 32 heavy (non-hydrogen) atoms. The molecule has 0 unspecified atom stereocenters. The first kappa shape index (κ1) is 21.9. The van der Waals surface area contributed by atoms with Crippen molar-refractivity contribution in [1.82, 2.24) is 5.32 Å². The zero-order valence-corrected chi connectivity index (χ0v) is 19.2. The van der Waals surface area contributed by atoms with Crippen molar-refractivity contribution in [2.45, 2.75) is 39.7 Å². The summed E-state index contributed by atoms with van der Waals surface area (Å²) in [5, 5.41) is 5.82. The molecular weight excluding hydrogens is 390 g/mol. The van der Waals surface area contributed by atoms with E-state index in [0.717, 1.165) is 41.8 Å². The first-order valence-electron chi connectivity index (χ1n) is 11.2. The molecule has 3 N–H and O–H groups in total. The van der Waals surface area contributed by atoms with E-state index in [-0.39, 0.29) is 0 Å². The summed E-state index contributed by atoms with van der Waals surface area (Å²) in [6.45, 7) is 11.3. The Morgan fingerprint density at radius 1 is 1.16 bits per heavy atom. The Balaban J connectivity index is 1.79. The topological polar surface area (TPSA) is 50.4 Å². The predicted octanol–water partition coefficient (Wildman–Crippen LogP) is 6.15. The summed E-state index contributed by atoms with van der Waals surface area (Å²) >= 11 is 0. The Labute approximate surface area is 191 Å². The minimum atomic E-state index is 0.326. The standard InChI is InChI=1S/C29H31N3/c1-6-29(31-17-21-14-23(30)15-21)32-28-16-26(20(5)13-25(28)18(2)3)27-12-19(4)11-22-9-7-8-10-24(22)27/h1,7-13,16,21,23H,2,14-15,17,30H2,3-5H3,(H,31,32). The molecule has 0 heterocycles. The number of nitrogens with one attached hydrogen (secondary N) is 1. The van der Waals surface area contributed by atoms with Crippen molar-refractivity contribution in [2.75, 3.05) is 6.54 Å². The van der Waals surface area contributed by atoms with Crippen LogP contribution in [-0.4, -0.2) is 18.4 Å². The molecule has 162 valence electrons. The molecule has 3 aromatic rings. The first-order chi connectivity index (χ1) is 15.4. The largest absolute Gasteiger partial charge is 0.363 e. The molecule has 0 aliphatic heterocycles. The van der Waals surface area contributed by atoms with Crippen molar-refractivity contribution in [2.24, 2.45) is 16.6 Å². The number of aliphatic imine (C=N–C) groups is 1. The highest BCUT2D eigenvalue weighted by Gasteiger charge is 2.25. The van der Waals surface area contributed by atoms with Crippen molar-refractivity contribution in [3.63, 3.8) is 0 Å². The van der Waals surface area contributed by atoms with Gasteiger partial charge in [-0.15, -0.1) is 6.42 Å². The summed E-state index contributed by atoms with van der Waals surface area (Å²) < 4.78 is 0. The highest BCUT2D eigenvalue weighted by Crippen LogP contribution is 2.38. The second kappa shape index (κ2) is 9.02. The normalized spacial score (nSPS) is 18.2. The number of fused-ring (bicyclic) bond motifs is 1. The molecule has 0 saturated heterocycles. The number of nitrogens with two attached hydrogens (primary N) is 1. The molecule has 0 aromatic heterocycles. The first-order valence-corrected chi connectivity index (χ1v) is 11.2. The van der Waals surface area contributed by atoms with Gasteiger partial charge in [-0.1, -0.05) is 43.0 Å². The minimum absolute atomic E-state index is 0.326. The maximum Gasteiger partial charge on any atom is 0.178 e. The van der Waals surface area contributed by atoms with Gasteiger partial charge in [-0.2, -0.15) is 0 Å². The fourth-order valence-electron chi connectivity index (χ4n) is 4.54. The third-order valence-corrected chi connectivity index (χ3v) is 6.30. The summed E-state index contributed by atoms with van der Waals surface area (Å²) in [6.07, 6.45) is 7.88. The molecule has 4 rings (SSSR count). The van der Waals surface area contributed by atoms with Crippen LogP contribution in [0.15, 0.2) is 60.1 Å². The highest BCUT2D eigenvalue weighted by atomic mass is 15.0. The van der Waals surface area contributed by atoms with Crippen LogP contribution >= 0.6 is 0 Å². The lowest BCUT2D eigenvalue weighted by Gasteiger charge is -2.32. The summed E-state index contributed by atoms with van der Waals surface area (Å²) in [5.74, 6) is 3.84. The zero-order chi connectivity index (χ0) is 22.8. The van der Waals surface area contributed by atoms with Gasteiger partial charge in [0, 0.05) is 18.2 Å². The van der Waals surface area contributed by atoms with E-state index in [2.05, 4.69) is 80.2 Å². The molecule has 1 saturated carbocycles. The average molecular weight is 422 g/mol. The van der Waals surface area contributed by atoms with Gasteiger partial charge in [0.05, 0.1) is 5.69 Å². The van der Waals surface area contributed by atoms with Gasteiger partial charge in [-0.25, -0.2) is 4.99 Å². The van der Waals surface area contributed by atoms with Crippen LogP contribution in [0.5, 0.6) is 0 Å². The second-order valence-corrected chi connectivity index (χ2v) is 9.08. The van der Waals surface area contributed by atoms with Gasteiger partial charge in [0.2, 0.25) is 0 Å². The maximum absolute atomic E-state index is 5.91. The average Bonchev–Trinajstić information content (AvgIpc) is 2.74. The quantitative estimate of drug-likeness (QED) is 0.295. The van der Waals surface area contributed by atoms with E-state index in [1.807, 2.05) is 6.92 Å². The maximum atomic E-state index is 5.91. The van der Waals surface area contributed by atoms with Crippen molar-refractivity contribution in [3.8, 4) is 23.5 Å². The Morgan fingerprint density at radius 2 is 1.91 bits per heavy atom. The Bertz CT molecular complexity index is 1250. The number of amidine groups is 1. The van der Waals surface area contributed by atoms with Crippen LogP contribution in [-0.2, 0) is 0 Å². The minimum Gasteiger partial charge on any atom is -0.363 e. The molecule has 3 aromatic carbocycles. The Hall–Kier alpha value is -3.35. The second-order valence-electron chi connectivity index (χ2n) is 9.08. The smallest absolute Gasteiger partial charge is 0.178 e. The lowest BCUT2D eigenvalue weighted by molar-refractivity contribution is 0.266. The molecule has 0 atom stereocenters. The highest BCUT2D eigenvalue weighted by molar-refractivity contribution is 6.02. The van der Waals surface area contributed by atoms with Crippen LogP contribution in [0.3, 0.4) is 0 Å². The van der Waals surface area contributed by atoms with E-state index < -0.39 is 0 Å². The number of benzene rings is 3. The Kier molecular flexibility index (Phi) is 6.17. The van der Waals surface area contributed by atoms with Gasteiger partial charge in [0.25, 0.3) is 0 Å². The lowest BCUT2D eigenvalue weighted by atomic mass is 9.81. The summed E-state index contributed by atoms with van der Waals surface area (Å²) in [5.41, 5.74) is 13.5. The molecule has 0 radical (unpaired) electrons. The molecule has 1 fully saturated rings. The van der Waals surface area contributed by atoms with E-state index in [0.29, 0.717) is 17.8 Å². The van der Waals surface area contributed by atoms with E-state index in [1.54, 1.807) is 0 Å². The van der Waals surface area contributed by atoms with Gasteiger partial charge in [0.15, 0.2) is 5.84 Å². The van der Waals surface area contributed by atoms with Crippen LogP contribution in [0.25, 0.3) is 27.5 Å². The molecule has 1 aliphatic rings. The number of aryl methyl sites for hydroxylation is 2. The van der Waals surface area contributed by atoms with Gasteiger partial charge >= 0.3 is 0 Å². The summed E-state index contributed by atoms with van der Waals surface area (Å²) in [7, 11) is 0. The third-order valence-electron chi connectivity index (χ3n) is 6.30. The van der Waals surface area contributed by atoms with Crippen molar-refractivity contribution in [3.05, 3.63) is 71.8 Å². The summed E-state index contributed by atoms with van der Waals surface area (Å²) in [4.78, 5) is 4.85. The van der Waals surface area contributed by atoms with E-state index in [1.165, 1.54) is 27.5 Å². The van der Waals surface area contributed by atoms with E-state index >= 15 is 0 Å². The monoisotopic (exact) mass is 421 g/mol. The molecule has 3 nitrogen and oxygen atoms in total. The van der Waals surface area contributed by atoms with Gasteiger partial charge in [0.1, 0.15) is 0 Å². The van der Waals surface area contributed by atoms with Crippen LogP contribution in [0, 0.1) is 32.1 Å². The summed E-state index contributed by atoms with van der Waals surface area (Å²) in [6, 6.07) is 17.6. The van der Waals surface area contributed by atoms with Crippen LogP contribution in [0.4, 0.5) is 5.69 Å². The molecule has 0 bridgehead atoms. The molecular formula is C29H31N3. The predicted molar refractivity (Wildman–Crippen MR) is 138 cm³/mol. The van der Waals surface area contributed by atoms with Gasteiger partial charge in [-0.05, 0) is 96.2 Å². The Morgan fingerprint density at radius 3 is 2.59 bits per heavy atom. The van der Waals surface area contributed by atoms with E-state index in [9.17, 15) is 0 Å². The molecule has 0 amide bonds. The lowest BCUT2D eigenvalue weighted by Crippen LogP contribution is -2.42. The van der Waals surface area contributed by atoms with Crippen LogP contribution in [0.1, 0.15) is 36.5 Å². The molecule has 1 aliphatic carbocycles. The number of allylic oxidation sites excluding steroid dienone is 1. The number of rotatable bonds is 5. The fourth-order valence-corrected chi connectivity index (χ4v) is 4.54. The van der Waals surface area contributed by atoms with Crippen molar-refractivity contribution < 1.29 is 0 Å². The molecule has 0 spiro atoms. The third kappa shape index (κ3) is 4.47. The van der Waals surface area contributed by atoms with Crippen molar-refractivity contribution >= 4 is 27.9 Å². The van der Waals surface area contributed by atoms with Crippen molar-refractivity contribution in [1.29, 1.82) is 0 Å². The van der Waals surface area contributed by atoms with Crippen LogP contribution in [0.2, 0.25) is 0 Å². The van der Waals surface area contributed by atoms with Crippen LogP contribution < -0.4 is 11.1 Å². The zero-order valence-electron chi connectivity index (χ0n) is 19.2.